The fourth-order valence-corrected chi connectivity index (χ4v) is 4.98. The molecule has 0 saturated carbocycles. The SMILES string of the molecule is CN1CC2C(=O)N(c3ccc(Cl)cc3)C(=O)C2C12C(=O)Nc1ccccc12. The lowest BCUT2D eigenvalue weighted by molar-refractivity contribution is -0.134. The smallest absolute Gasteiger partial charge is 0.250 e. The number of likely N-dealkylation sites (N-methyl/N-ethyl adjacent to an activating group) is 1. The molecule has 2 aromatic rings. The van der Waals surface area contributed by atoms with E-state index in [1.54, 1.807) is 31.3 Å². The van der Waals surface area contributed by atoms with Gasteiger partial charge in [-0.05, 0) is 37.4 Å². The molecule has 3 atom stereocenters. The Hall–Kier alpha value is -2.70. The van der Waals surface area contributed by atoms with Gasteiger partial charge < -0.3 is 5.32 Å². The molecule has 3 aliphatic rings. The predicted octanol–water partition coefficient (Wildman–Crippen LogP) is 2.24. The van der Waals surface area contributed by atoms with E-state index in [-0.39, 0.29) is 17.7 Å². The van der Waals surface area contributed by atoms with Crippen molar-refractivity contribution in [2.45, 2.75) is 5.54 Å². The van der Waals surface area contributed by atoms with Gasteiger partial charge in [-0.15, -0.1) is 0 Å². The zero-order chi connectivity index (χ0) is 18.9. The van der Waals surface area contributed by atoms with Gasteiger partial charge in [-0.2, -0.15) is 0 Å². The number of nitrogens with one attached hydrogen (secondary N) is 1. The number of hydrogen-bond donors (Lipinski definition) is 1. The van der Waals surface area contributed by atoms with E-state index in [2.05, 4.69) is 5.32 Å². The zero-order valence-corrected chi connectivity index (χ0v) is 15.2. The molecule has 27 heavy (non-hydrogen) atoms. The van der Waals surface area contributed by atoms with Gasteiger partial charge in [-0.25, -0.2) is 4.90 Å². The van der Waals surface area contributed by atoms with Gasteiger partial charge in [0.25, 0.3) is 0 Å². The van der Waals surface area contributed by atoms with E-state index in [0.717, 1.165) is 5.56 Å². The molecule has 3 unspecified atom stereocenters. The molecule has 2 aromatic carbocycles. The number of amides is 3. The molecule has 2 fully saturated rings. The van der Waals surface area contributed by atoms with Gasteiger partial charge in [-0.1, -0.05) is 29.8 Å². The fourth-order valence-electron chi connectivity index (χ4n) is 4.85. The first-order valence-corrected chi connectivity index (χ1v) is 9.09. The van der Waals surface area contributed by atoms with Gasteiger partial charge in [0.2, 0.25) is 17.7 Å². The number of anilines is 2. The number of benzene rings is 2. The van der Waals surface area contributed by atoms with Crippen LogP contribution in [-0.4, -0.2) is 36.2 Å². The lowest BCUT2D eigenvalue weighted by atomic mass is 9.77. The van der Waals surface area contributed by atoms with Crippen LogP contribution >= 0.6 is 11.6 Å². The lowest BCUT2D eigenvalue weighted by Gasteiger charge is -2.34. The maximum absolute atomic E-state index is 13.4. The highest BCUT2D eigenvalue weighted by Gasteiger charge is 2.70. The Morgan fingerprint density at radius 1 is 1.04 bits per heavy atom. The molecule has 3 amide bonds. The number of imide groups is 1. The number of para-hydroxylation sites is 1. The molecule has 0 bridgehead atoms. The molecule has 3 aliphatic heterocycles. The van der Waals surface area contributed by atoms with Gasteiger partial charge in [-0.3, -0.25) is 19.3 Å². The van der Waals surface area contributed by atoms with Gasteiger partial charge >= 0.3 is 0 Å². The third-order valence-corrected chi connectivity index (χ3v) is 6.22. The summed E-state index contributed by atoms with van der Waals surface area (Å²) in [5.74, 6) is -2.18. The second-order valence-corrected chi connectivity index (χ2v) is 7.66. The minimum absolute atomic E-state index is 0.252. The number of fused-ring (bicyclic) bond motifs is 4. The van der Waals surface area contributed by atoms with Crippen LogP contribution < -0.4 is 10.2 Å². The molecule has 3 heterocycles. The molecule has 1 spiro atoms. The maximum atomic E-state index is 13.4. The lowest BCUT2D eigenvalue weighted by Crippen LogP contribution is -2.52. The summed E-state index contributed by atoms with van der Waals surface area (Å²) >= 11 is 5.93. The molecule has 1 N–H and O–H groups in total. The van der Waals surface area contributed by atoms with Crippen LogP contribution in [0.5, 0.6) is 0 Å². The van der Waals surface area contributed by atoms with Crippen LogP contribution in [0.4, 0.5) is 11.4 Å². The van der Waals surface area contributed by atoms with Crippen LogP contribution in [0, 0.1) is 11.8 Å². The average Bonchev–Trinajstić information content (AvgIpc) is 3.21. The summed E-state index contributed by atoms with van der Waals surface area (Å²) in [6, 6.07) is 14.0. The third kappa shape index (κ3) is 1.91. The number of carbonyl (C=O) groups is 3. The number of nitrogens with zero attached hydrogens (tertiary/aromatic N) is 2. The fraction of sp³-hybridized carbons (Fsp3) is 0.250. The minimum Gasteiger partial charge on any atom is -0.324 e. The van der Waals surface area contributed by atoms with Crippen molar-refractivity contribution in [2.75, 3.05) is 23.8 Å². The van der Waals surface area contributed by atoms with E-state index in [1.807, 2.05) is 29.2 Å². The highest BCUT2D eigenvalue weighted by molar-refractivity contribution is 6.31. The van der Waals surface area contributed by atoms with Crippen molar-refractivity contribution in [2.24, 2.45) is 11.8 Å². The van der Waals surface area contributed by atoms with Crippen molar-refractivity contribution in [3.63, 3.8) is 0 Å². The molecular formula is C20H16ClN3O3. The molecule has 136 valence electrons. The van der Waals surface area contributed by atoms with E-state index in [4.69, 9.17) is 11.6 Å². The average molecular weight is 382 g/mol. The van der Waals surface area contributed by atoms with Crippen LogP contribution in [0.2, 0.25) is 5.02 Å². The van der Waals surface area contributed by atoms with Crippen LogP contribution in [-0.2, 0) is 19.9 Å². The van der Waals surface area contributed by atoms with Gasteiger partial charge in [0, 0.05) is 22.8 Å². The normalized spacial score (nSPS) is 29.4. The second kappa shape index (κ2) is 5.41. The second-order valence-electron chi connectivity index (χ2n) is 7.22. The Kier molecular flexibility index (Phi) is 3.30. The van der Waals surface area contributed by atoms with Crippen molar-refractivity contribution in [3.05, 3.63) is 59.1 Å². The van der Waals surface area contributed by atoms with Crippen molar-refractivity contribution in [1.82, 2.24) is 4.90 Å². The Labute approximate surface area is 160 Å². The summed E-state index contributed by atoms with van der Waals surface area (Å²) in [6.45, 7) is 0.348. The van der Waals surface area contributed by atoms with Crippen LogP contribution in [0.25, 0.3) is 0 Å². The largest absolute Gasteiger partial charge is 0.324 e. The molecule has 0 aliphatic carbocycles. The number of rotatable bonds is 1. The van der Waals surface area contributed by atoms with E-state index >= 15 is 0 Å². The third-order valence-electron chi connectivity index (χ3n) is 5.97. The molecule has 2 saturated heterocycles. The Bertz CT molecular complexity index is 1010. The highest BCUT2D eigenvalue weighted by Crippen LogP contribution is 2.55. The first-order chi connectivity index (χ1) is 13.0. The molecule has 5 rings (SSSR count). The standard InChI is InChI=1S/C20H16ClN3O3/c1-23-10-13-16(20(23)14-4-2-3-5-15(14)22-19(20)27)18(26)24(17(13)25)12-8-6-11(21)7-9-12/h2-9,13,16H,10H2,1H3,(H,22,27). The van der Waals surface area contributed by atoms with E-state index in [1.165, 1.54) is 4.90 Å². The zero-order valence-electron chi connectivity index (χ0n) is 14.5. The summed E-state index contributed by atoms with van der Waals surface area (Å²) in [4.78, 5) is 42.7. The van der Waals surface area contributed by atoms with E-state index in [9.17, 15) is 14.4 Å². The summed E-state index contributed by atoms with van der Waals surface area (Å²) < 4.78 is 0. The predicted molar refractivity (Wildman–Crippen MR) is 100 cm³/mol. The van der Waals surface area contributed by atoms with Crippen molar-refractivity contribution >= 4 is 40.7 Å². The van der Waals surface area contributed by atoms with Crippen LogP contribution in [0.1, 0.15) is 5.56 Å². The minimum atomic E-state index is -1.16. The quantitative estimate of drug-likeness (QED) is 0.769. The summed E-state index contributed by atoms with van der Waals surface area (Å²) in [7, 11) is 1.80. The van der Waals surface area contributed by atoms with Gasteiger partial charge in [0.15, 0.2) is 0 Å². The summed E-state index contributed by atoms with van der Waals surface area (Å²) in [6.07, 6.45) is 0. The molecule has 6 nitrogen and oxygen atoms in total. The highest BCUT2D eigenvalue weighted by atomic mass is 35.5. The number of halogens is 1. The molecule has 0 radical (unpaired) electrons. The molecular weight excluding hydrogens is 366 g/mol. The van der Waals surface area contributed by atoms with Crippen LogP contribution in [0.3, 0.4) is 0 Å². The molecule has 7 heteroatoms. The van der Waals surface area contributed by atoms with Crippen molar-refractivity contribution in [1.29, 1.82) is 0 Å². The first kappa shape index (κ1) is 16.5. The number of carbonyl (C=O) groups excluding carboxylic acids is 3. The topological polar surface area (TPSA) is 69.7 Å². The number of hydrogen-bond acceptors (Lipinski definition) is 4. The summed E-state index contributed by atoms with van der Waals surface area (Å²) in [5, 5.41) is 3.42. The van der Waals surface area contributed by atoms with E-state index < -0.39 is 17.4 Å². The van der Waals surface area contributed by atoms with Gasteiger partial charge in [0.05, 0.1) is 17.5 Å². The maximum Gasteiger partial charge on any atom is 0.250 e. The number of likely N-dealkylation sites (tertiary alicyclic amines) is 1. The first-order valence-electron chi connectivity index (χ1n) is 8.72. The van der Waals surface area contributed by atoms with Gasteiger partial charge in [0.1, 0.15) is 5.54 Å². The van der Waals surface area contributed by atoms with Crippen LogP contribution in [0.15, 0.2) is 48.5 Å². The van der Waals surface area contributed by atoms with Crippen molar-refractivity contribution in [3.8, 4) is 0 Å². The summed E-state index contributed by atoms with van der Waals surface area (Å²) in [5.41, 5.74) is 0.771. The Morgan fingerprint density at radius 2 is 1.74 bits per heavy atom. The van der Waals surface area contributed by atoms with Crippen molar-refractivity contribution < 1.29 is 14.4 Å². The van der Waals surface area contributed by atoms with E-state index in [0.29, 0.717) is 22.9 Å². The Balaban J connectivity index is 1.66. The molecule has 0 aromatic heterocycles. The Morgan fingerprint density at radius 3 is 2.48 bits per heavy atom. The monoisotopic (exact) mass is 381 g/mol.